The minimum atomic E-state index is -0.963. The molecule has 0 amide bonds. The van der Waals surface area contributed by atoms with Crippen LogP contribution in [0.4, 0.5) is 9.59 Å². The lowest BCUT2D eigenvalue weighted by Crippen LogP contribution is -2.24. The Kier molecular flexibility index (Phi) is 8.77. The SMILES string of the molecule is O=C(OOC(=O)OC1CCCCCCC1)OC1CCCCCCC1. The molecule has 0 unspecified atom stereocenters. The standard InChI is InChI=1S/C18H30O6/c19-17(21-15-11-7-3-1-4-8-12-15)23-24-18(20)22-16-13-9-5-2-6-10-14-16/h15-16H,1-14H2. The Balaban J connectivity index is 1.61. The van der Waals surface area contributed by atoms with Gasteiger partial charge in [0.05, 0.1) is 0 Å². The van der Waals surface area contributed by atoms with E-state index in [0.717, 1.165) is 51.4 Å². The Bertz CT molecular complexity index is 332. The largest absolute Gasteiger partial charge is 0.550 e. The molecular weight excluding hydrogens is 312 g/mol. The van der Waals surface area contributed by atoms with Gasteiger partial charge in [-0.2, -0.15) is 19.4 Å². The lowest BCUT2D eigenvalue weighted by molar-refractivity contribution is -0.225. The summed E-state index contributed by atoms with van der Waals surface area (Å²) in [4.78, 5) is 32.1. The van der Waals surface area contributed by atoms with Gasteiger partial charge in [-0.25, -0.2) is 0 Å². The van der Waals surface area contributed by atoms with Gasteiger partial charge in [-0.05, 0) is 51.4 Å². The number of hydrogen-bond donors (Lipinski definition) is 0. The highest BCUT2D eigenvalue weighted by molar-refractivity contribution is 5.63. The fraction of sp³-hybridized carbons (Fsp3) is 0.889. The maximum atomic E-state index is 11.6. The van der Waals surface area contributed by atoms with Crippen LogP contribution in [0.25, 0.3) is 0 Å². The number of rotatable bonds is 2. The van der Waals surface area contributed by atoms with Crippen molar-refractivity contribution in [3.63, 3.8) is 0 Å². The molecule has 0 heterocycles. The Labute approximate surface area is 144 Å². The van der Waals surface area contributed by atoms with Gasteiger partial charge in [-0.1, -0.05) is 38.5 Å². The molecule has 0 N–H and O–H groups in total. The van der Waals surface area contributed by atoms with Crippen LogP contribution < -0.4 is 0 Å². The van der Waals surface area contributed by atoms with Crippen LogP contribution in [0.1, 0.15) is 89.9 Å². The van der Waals surface area contributed by atoms with Gasteiger partial charge in [-0.3, -0.25) is 0 Å². The minimum Gasteiger partial charge on any atom is -0.428 e. The van der Waals surface area contributed by atoms with Gasteiger partial charge in [0.1, 0.15) is 12.2 Å². The van der Waals surface area contributed by atoms with E-state index in [1.807, 2.05) is 0 Å². The summed E-state index contributed by atoms with van der Waals surface area (Å²) in [6.45, 7) is 0. The lowest BCUT2D eigenvalue weighted by Gasteiger charge is -2.20. The van der Waals surface area contributed by atoms with Crippen LogP contribution in [0.15, 0.2) is 0 Å². The van der Waals surface area contributed by atoms with E-state index in [1.54, 1.807) is 0 Å². The van der Waals surface area contributed by atoms with Crippen LogP contribution in [0.3, 0.4) is 0 Å². The molecule has 2 saturated carbocycles. The van der Waals surface area contributed by atoms with Gasteiger partial charge >= 0.3 is 12.3 Å². The highest BCUT2D eigenvalue weighted by atomic mass is 17.3. The first kappa shape index (κ1) is 18.9. The summed E-state index contributed by atoms with van der Waals surface area (Å²) in [5, 5.41) is 0. The van der Waals surface area contributed by atoms with Crippen molar-refractivity contribution < 1.29 is 28.8 Å². The molecule has 6 heteroatoms. The molecule has 24 heavy (non-hydrogen) atoms. The molecule has 0 aromatic heterocycles. The Morgan fingerprint density at radius 1 is 0.500 bits per heavy atom. The summed E-state index contributed by atoms with van der Waals surface area (Å²) < 4.78 is 10.4. The van der Waals surface area contributed by atoms with Crippen LogP contribution in [-0.4, -0.2) is 24.5 Å². The maximum Gasteiger partial charge on any atom is 0.550 e. The molecule has 6 nitrogen and oxygen atoms in total. The van der Waals surface area contributed by atoms with E-state index in [4.69, 9.17) is 9.47 Å². The third kappa shape index (κ3) is 7.88. The third-order valence-electron chi connectivity index (χ3n) is 4.81. The Hall–Kier alpha value is -1.46. The minimum absolute atomic E-state index is 0.150. The first-order valence-corrected chi connectivity index (χ1v) is 9.50. The molecule has 0 aromatic rings. The van der Waals surface area contributed by atoms with E-state index >= 15 is 0 Å². The highest BCUT2D eigenvalue weighted by Gasteiger charge is 2.21. The number of carbonyl (C=O) groups excluding carboxylic acids is 2. The van der Waals surface area contributed by atoms with Crippen molar-refractivity contribution in [2.75, 3.05) is 0 Å². The summed E-state index contributed by atoms with van der Waals surface area (Å²) in [7, 11) is 0. The second-order valence-corrected chi connectivity index (χ2v) is 6.84. The van der Waals surface area contributed by atoms with E-state index in [0.29, 0.717) is 0 Å². The quantitative estimate of drug-likeness (QED) is 0.378. The predicted molar refractivity (Wildman–Crippen MR) is 87.3 cm³/mol. The van der Waals surface area contributed by atoms with Crippen LogP contribution in [-0.2, 0) is 19.2 Å². The second-order valence-electron chi connectivity index (χ2n) is 6.84. The molecule has 2 fully saturated rings. The molecule has 0 saturated heterocycles. The van der Waals surface area contributed by atoms with Crippen LogP contribution in [0.5, 0.6) is 0 Å². The molecule has 0 aromatic carbocycles. The van der Waals surface area contributed by atoms with Crippen molar-refractivity contribution in [1.82, 2.24) is 0 Å². The first-order valence-electron chi connectivity index (χ1n) is 9.50. The normalized spacial score (nSPS) is 21.5. The van der Waals surface area contributed by atoms with Gasteiger partial charge < -0.3 is 9.47 Å². The van der Waals surface area contributed by atoms with Crippen molar-refractivity contribution in [1.29, 1.82) is 0 Å². The van der Waals surface area contributed by atoms with Crippen molar-refractivity contribution in [2.45, 2.75) is 102 Å². The molecule has 2 aliphatic carbocycles. The van der Waals surface area contributed by atoms with E-state index in [9.17, 15) is 9.59 Å². The first-order chi connectivity index (χ1) is 11.7. The lowest BCUT2D eigenvalue weighted by atomic mass is 9.99. The van der Waals surface area contributed by atoms with E-state index < -0.39 is 12.3 Å². The third-order valence-corrected chi connectivity index (χ3v) is 4.81. The molecule has 138 valence electrons. The predicted octanol–water partition coefficient (Wildman–Crippen LogP) is 5.43. The second kappa shape index (κ2) is 11.2. The molecule has 0 spiro atoms. The molecule has 0 atom stereocenters. The number of hydrogen-bond acceptors (Lipinski definition) is 6. The summed E-state index contributed by atoms with van der Waals surface area (Å²) >= 11 is 0. The molecular formula is C18H30O6. The topological polar surface area (TPSA) is 71.1 Å². The average Bonchev–Trinajstić information content (AvgIpc) is 2.50. The van der Waals surface area contributed by atoms with Crippen molar-refractivity contribution >= 4 is 12.3 Å². The van der Waals surface area contributed by atoms with Gasteiger partial charge in [0.15, 0.2) is 0 Å². The van der Waals surface area contributed by atoms with Crippen LogP contribution in [0.2, 0.25) is 0 Å². The van der Waals surface area contributed by atoms with E-state index in [1.165, 1.54) is 38.5 Å². The van der Waals surface area contributed by atoms with Crippen molar-refractivity contribution in [3.05, 3.63) is 0 Å². The highest BCUT2D eigenvalue weighted by Crippen LogP contribution is 2.21. The van der Waals surface area contributed by atoms with Crippen LogP contribution >= 0.6 is 0 Å². The zero-order valence-corrected chi connectivity index (χ0v) is 14.5. The molecule has 0 bridgehead atoms. The zero-order chi connectivity index (χ0) is 17.0. The zero-order valence-electron chi connectivity index (χ0n) is 14.5. The molecule has 2 aliphatic rings. The Morgan fingerprint density at radius 2 is 0.792 bits per heavy atom. The van der Waals surface area contributed by atoms with Crippen molar-refractivity contribution in [2.24, 2.45) is 0 Å². The monoisotopic (exact) mass is 342 g/mol. The van der Waals surface area contributed by atoms with Gasteiger partial charge in [0.25, 0.3) is 0 Å². The fourth-order valence-electron chi connectivity index (χ4n) is 3.45. The molecule has 2 rings (SSSR count). The average molecular weight is 342 g/mol. The maximum absolute atomic E-state index is 11.6. The van der Waals surface area contributed by atoms with E-state index in [2.05, 4.69) is 9.78 Å². The molecule has 0 radical (unpaired) electrons. The summed E-state index contributed by atoms with van der Waals surface area (Å²) in [6, 6.07) is 0. The van der Waals surface area contributed by atoms with Crippen molar-refractivity contribution in [3.8, 4) is 0 Å². The van der Waals surface area contributed by atoms with Gasteiger partial charge in [-0.15, -0.1) is 0 Å². The van der Waals surface area contributed by atoms with Gasteiger partial charge in [0, 0.05) is 0 Å². The van der Waals surface area contributed by atoms with E-state index in [-0.39, 0.29) is 12.2 Å². The fourth-order valence-corrected chi connectivity index (χ4v) is 3.45. The number of ether oxygens (including phenoxy) is 2. The van der Waals surface area contributed by atoms with Crippen LogP contribution in [0, 0.1) is 0 Å². The van der Waals surface area contributed by atoms with Gasteiger partial charge in [0.2, 0.25) is 0 Å². The summed E-state index contributed by atoms with van der Waals surface area (Å²) in [5.74, 6) is 0. The smallest absolute Gasteiger partial charge is 0.428 e. The summed E-state index contributed by atoms with van der Waals surface area (Å²) in [6.07, 6.45) is 12.4. The Morgan fingerprint density at radius 3 is 1.12 bits per heavy atom. The number of carbonyl (C=O) groups is 2. The molecule has 0 aliphatic heterocycles. The summed E-state index contributed by atoms with van der Waals surface area (Å²) in [5.41, 5.74) is 0.